The number of benzene rings is 4. The molecule has 1 fully saturated rings. The Bertz CT molecular complexity index is 3030. The largest absolute Gasteiger partial charge is 0.508 e. The van der Waals surface area contributed by atoms with Crippen molar-refractivity contribution in [3.63, 3.8) is 0 Å². The number of nitrogens with two attached hydrogens (primary N) is 2. The molecule has 0 unspecified atom stereocenters. The van der Waals surface area contributed by atoms with Crippen LogP contribution in [0.1, 0.15) is 68.2 Å². The normalized spacial score (nSPS) is 15.9. The topological polar surface area (TPSA) is 437 Å². The molecule has 4 aromatic rings. The minimum atomic E-state index is -1.82. The number of likely N-dealkylation sites (tertiary alicyclic amines) is 1. The monoisotopic (exact) mass is 1190 g/mol. The number of carbonyl (C=O) groups excluding carboxylic acids is 11. The molecule has 1 aliphatic rings. The first-order valence-electron chi connectivity index (χ1n) is 27.6. The molecule has 5 rings (SSSR count). The first-order valence-corrected chi connectivity index (χ1v) is 27.6. The average Bonchev–Trinajstić information content (AvgIpc) is 2.96. The molecule has 27 nitrogen and oxygen atoms in total. The van der Waals surface area contributed by atoms with Crippen molar-refractivity contribution >= 4 is 71.3 Å². The quantitative estimate of drug-likeness (QED) is 0.0226. The zero-order valence-electron chi connectivity index (χ0n) is 47.3. The first kappa shape index (κ1) is 67.0. The molecule has 460 valence electrons. The molecule has 0 bridgehead atoms. The number of carboxylic acids is 1. The van der Waals surface area contributed by atoms with Crippen molar-refractivity contribution in [3.8, 4) is 11.5 Å². The predicted octanol–water partition coefficient (Wildman–Crippen LogP) is -2.46. The van der Waals surface area contributed by atoms with E-state index in [2.05, 4.69) is 42.5 Å². The molecular formula is C59H73N11O16. The Morgan fingerprint density at radius 2 is 1.02 bits per heavy atom. The number of phenolic OH excluding ortho intramolecular Hbond substituents is 2. The summed E-state index contributed by atoms with van der Waals surface area (Å²) in [4.78, 5) is 162. The number of hydrogen-bond donors (Lipinski definition) is 14. The van der Waals surface area contributed by atoms with Gasteiger partial charge in [-0.05, 0) is 86.1 Å². The number of aromatic hydroxyl groups is 2. The number of nitrogens with one attached hydrogen (secondary N) is 8. The maximum absolute atomic E-state index is 14.3. The Balaban J connectivity index is 1.30. The summed E-state index contributed by atoms with van der Waals surface area (Å²) in [5.41, 5.74) is 13.3. The molecule has 0 spiro atoms. The molecular weight excluding hydrogens is 1120 g/mol. The van der Waals surface area contributed by atoms with Crippen molar-refractivity contribution in [2.45, 2.75) is 132 Å². The van der Waals surface area contributed by atoms with Gasteiger partial charge < -0.3 is 84.1 Å². The van der Waals surface area contributed by atoms with Crippen LogP contribution in [0, 0.1) is 0 Å². The van der Waals surface area contributed by atoms with Gasteiger partial charge in [-0.1, -0.05) is 84.9 Å². The van der Waals surface area contributed by atoms with Crippen LogP contribution < -0.4 is 54.0 Å². The third-order valence-corrected chi connectivity index (χ3v) is 13.9. The van der Waals surface area contributed by atoms with Crippen molar-refractivity contribution < 1.29 is 78.0 Å². The van der Waals surface area contributed by atoms with E-state index in [9.17, 15) is 78.0 Å². The minimum absolute atomic E-state index is 0.0113. The lowest BCUT2D eigenvalue weighted by atomic mass is 10.0. The van der Waals surface area contributed by atoms with Gasteiger partial charge in [0.2, 0.25) is 59.1 Å². The highest BCUT2D eigenvalue weighted by molar-refractivity contribution is 6.00. The number of rotatable bonds is 32. The Hall–Kier alpha value is -9.76. The second kappa shape index (κ2) is 32.9. The molecule has 4 aromatic carbocycles. The summed E-state index contributed by atoms with van der Waals surface area (Å²) in [7, 11) is 0. The lowest BCUT2D eigenvalue weighted by Crippen LogP contribution is -2.62. The van der Waals surface area contributed by atoms with Crippen LogP contribution in [0.5, 0.6) is 11.5 Å². The van der Waals surface area contributed by atoms with E-state index in [0.717, 1.165) is 17.4 Å². The van der Waals surface area contributed by atoms with Gasteiger partial charge >= 0.3 is 5.97 Å². The van der Waals surface area contributed by atoms with Crippen molar-refractivity contribution in [3.05, 3.63) is 131 Å². The fourth-order valence-corrected chi connectivity index (χ4v) is 9.33. The summed E-state index contributed by atoms with van der Waals surface area (Å²) in [5, 5.41) is 60.2. The second-order valence-corrected chi connectivity index (χ2v) is 20.7. The number of aldehydes is 1. The van der Waals surface area contributed by atoms with E-state index in [1.54, 1.807) is 60.7 Å². The van der Waals surface area contributed by atoms with E-state index in [1.807, 2.05) is 0 Å². The van der Waals surface area contributed by atoms with Crippen LogP contribution in [0.3, 0.4) is 0 Å². The van der Waals surface area contributed by atoms with Gasteiger partial charge in [0.25, 0.3) is 0 Å². The number of aliphatic hydroxyl groups excluding tert-OH is 1. The Labute approximate surface area is 494 Å². The molecule has 0 radical (unpaired) electrons. The smallest absolute Gasteiger partial charge is 0.303 e. The predicted molar refractivity (Wildman–Crippen MR) is 307 cm³/mol. The molecule has 16 N–H and O–H groups in total. The van der Waals surface area contributed by atoms with Crippen molar-refractivity contribution in [2.75, 3.05) is 13.1 Å². The fourth-order valence-electron chi connectivity index (χ4n) is 9.33. The highest BCUT2D eigenvalue weighted by Crippen LogP contribution is 2.21. The van der Waals surface area contributed by atoms with E-state index in [1.165, 1.54) is 55.5 Å². The number of carbonyl (C=O) groups is 12. The molecule has 1 heterocycles. The SMILES string of the molecule is C[C@H](NC(=O)[C@H](Cc1ccc(O)cc1)NC(=O)[C@@H](NC(=O)[C@@H]1CCCN1C(=O)[C@H](CC(N)=O)NC(=O)[C@H](CCC(=O)O)NC(=O)[C@H](Cc1ccc(O)cc1)NC(=O)CN)[C@@H](C)O)C(=O)N[C@@H](Cc1ccccc1)C(=O)N[C@H](C=O)Cc1ccccc1. The zero-order chi connectivity index (χ0) is 63.0. The Morgan fingerprint density at radius 1 is 0.570 bits per heavy atom. The zero-order valence-corrected chi connectivity index (χ0v) is 47.3. The molecule has 1 saturated heterocycles. The number of nitrogens with zero attached hydrogens (tertiary/aromatic N) is 1. The summed E-state index contributed by atoms with van der Waals surface area (Å²) >= 11 is 0. The van der Waals surface area contributed by atoms with Crippen LogP contribution in [0.2, 0.25) is 0 Å². The summed E-state index contributed by atoms with van der Waals surface area (Å²) in [6.07, 6.45) is -3.35. The molecule has 0 aromatic heterocycles. The lowest BCUT2D eigenvalue weighted by Gasteiger charge is -2.31. The van der Waals surface area contributed by atoms with Crippen LogP contribution in [0.15, 0.2) is 109 Å². The Kier molecular flexibility index (Phi) is 25.7. The number of amides is 10. The van der Waals surface area contributed by atoms with E-state index in [4.69, 9.17) is 11.5 Å². The molecule has 86 heavy (non-hydrogen) atoms. The van der Waals surface area contributed by atoms with E-state index in [-0.39, 0.29) is 56.6 Å². The average molecular weight is 1190 g/mol. The van der Waals surface area contributed by atoms with E-state index >= 15 is 0 Å². The summed E-state index contributed by atoms with van der Waals surface area (Å²) in [6, 6.07) is 15.5. The van der Waals surface area contributed by atoms with Gasteiger partial charge in [0, 0.05) is 32.2 Å². The van der Waals surface area contributed by atoms with E-state index in [0.29, 0.717) is 23.0 Å². The molecule has 0 saturated carbocycles. The molecule has 10 amide bonds. The number of primary amides is 1. The number of aliphatic hydroxyl groups is 1. The maximum Gasteiger partial charge on any atom is 0.303 e. The molecule has 27 heteroatoms. The molecule has 1 aliphatic heterocycles. The number of hydrogen-bond acceptors (Lipinski definition) is 16. The number of aliphatic carboxylic acids is 1. The van der Waals surface area contributed by atoms with Gasteiger partial charge in [0.15, 0.2) is 0 Å². The number of phenols is 2. The Morgan fingerprint density at radius 3 is 1.52 bits per heavy atom. The van der Waals surface area contributed by atoms with Gasteiger partial charge in [-0.25, -0.2) is 0 Å². The van der Waals surface area contributed by atoms with Gasteiger partial charge in [-0.2, -0.15) is 0 Å². The third-order valence-electron chi connectivity index (χ3n) is 13.9. The second-order valence-electron chi connectivity index (χ2n) is 20.7. The minimum Gasteiger partial charge on any atom is -0.508 e. The summed E-state index contributed by atoms with van der Waals surface area (Å²) < 4.78 is 0. The third kappa shape index (κ3) is 21.1. The van der Waals surface area contributed by atoms with Gasteiger partial charge in [-0.3, -0.25) is 52.7 Å². The van der Waals surface area contributed by atoms with Crippen LogP contribution in [0.4, 0.5) is 0 Å². The van der Waals surface area contributed by atoms with Gasteiger partial charge in [-0.15, -0.1) is 0 Å². The number of carboxylic acid groups (broad SMARTS) is 1. The lowest BCUT2D eigenvalue weighted by molar-refractivity contribution is -0.144. The highest BCUT2D eigenvalue weighted by atomic mass is 16.4. The van der Waals surface area contributed by atoms with Crippen LogP contribution >= 0.6 is 0 Å². The van der Waals surface area contributed by atoms with Gasteiger partial charge in [0.1, 0.15) is 66.1 Å². The maximum atomic E-state index is 14.3. The summed E-state index contributed by atoms with van der Waals surface area (Å²) in [5.74, 6) is -11.2. The van der Waals surface area contributed by atoms with Crippen molar-refractivity contribution in [1.29, 1.82) is 0 Å². The molecule has 10 atom stereocenters. The van der Waals surface area contributed by atoms with E-state index < -0.39 is 151 Å². The summed E-state index contributed by atoms with van der Waals surface area (Å²) in [6.45, 7) is 1.81. The molecule has 0 aliphatic carbocycles. The first-order chi connectivity index (χ1) is 40.9. The van der Waals surface area contributed by atoms with Crippen molar-refractivity contribution in [1.82, 2.24) is 47.4 Å². The standard InChI is InChI=1S/C59H73N11O16/c1-33(52(79)66-45(27-36-12-7-4-8-13-36)55(82)63-39(32-71)26-35-10-5-3-6-11-35)62-54(81)44(29-38-17-21-41(74)22-18-38)67-58(85)51(34(2)72)69-57(84)47-14-9-25-70(47)59(86)46(30-48(61)75)68-53(80)42(23-24-50(77)78)65-56(83)43(64-49(76)31-60)28-37-15-19-40(73)20-16-37/h3-8,10-13,15-22,32-34,39,42-47,51,72-74H,9,14,23-31,60H2,1-2H3,(H2,61,75)(H,62,81)(H,63,82)(H,64,76)(H,65,83)(H,66,79)(H,67,85)(H,68,80)(H,69,84)(H,77,78)/t33-,34+,39-,42-,43-,44-,45-,46-,47-,51-/m0/s1. The van der Waals surface area contributed by atoms with Crippen LogP contribution in [0.25, 0.3) is 0 Å². The van der Waals surface area contributed by atoms with Crippen LogP contribution in [-0.2, 0) is 83.2 Å². The van der Waals surface area contributed by atoms with Crippen molar-refractivity contribution in [2.24, 2.45) is 11.5 Å². The van der Waals surface area contributed by atoms with Gasteiger partial charge in [0.05, 0.1) is 25.1 Å². The fraction of sp³-hybridized carbons (Fsp3) is 0.390. The van der Waals surface area contributed by atoms with Crippen LogP contribution in [-0.4, -0.2) is 170 Å². The highest BCUT2D eigenvalue weighted by Gasteiger charge is 2.41.